The van der Waals surface area contributed by atoms with Crippen LogP contribution in [0, 0.1) is 0 Å². The maximum absolute atomic E-state index is 11.5. The van der Waals surface area contributed by atoms with Gasteiger partial charge in [-0.2, -0.15) is 0 Å². The summed E-state index contributed by atoms with van der Waals surface area (Å²) in [6, 6.07) is 13.8. The van der Waals surface area contributed by atoms with Gasteiger partial charge in [0.15, 0.2) is 23.1 Å². The van der Waals surface area contributed by atoms with E-state index in [1.807, 2.05) is 0 Å². The number of Topliss-reactive ketones (excluding diaryl/α,β-unsaturated/α-hetero) is 2. The van der Waals surface area contributed by atoms with Crippen molar-refractivity contribution in [3.8, 4) is 0 Å². The summed E-state index contributed by atoms with van der Waals surface area (Å²) in [5.74, 6) is -0.245. The van der Waals surface area contributed by atoms with Crippen molar-refractivity contribution < 1.29 is 24.7 Å². The number of rotatable bonds is 0. The number of benzene rings is 2. The zero-order valence-electron chi connectivity index (χ0n) is 14.9. The van der Waals surface area contributed by atoms with Gasteiger partial charge in [-0.15, -0.1) is 0 Å². The quantitative estimate of drug-likeness (QED) is 0.718. The van der Waals surface area contributed by atoms with Gasteiger partial charge in [-0.3, -0.25) is 19.2 Å². The van der Waals surface area contributed by atoms with Crippen LogP contribution in [0.4, 0.5) is 0 Å². The number of carbonyl (C=O) groups excluding carboxylic acids is 4. The molecule has 136 valence electrons. The first-order valence-electron chi connectivity index (χ1n) is 8.13. The summed E-state index contributed by atoms with van der Waals surface area (Å²) in [6.07, 6.45) is 2.79. The van der Waals surface area contributed by atoms with E-state index >= 15 is 0 Å². The molecule has 2 aliphatic rings. The number of fused-ring (bicyclic) bond motifs is 2. The third-order valence-corrected chi connectivity index (χ3v) is 4.29. The third kappa shape index (κ3) is 3.73. The number of ketones is 4. The summed E-state index contributed by atoms with van der Waals surface area (Å²) in [4.78, 5) is 45.9. The summed E-state index contributed by atoms with van der Waals surface area (Å²) in [5.41, 5.74) is 3.10. The Labute approximate surface area is 156 Å². The first kappa shape index (κ1) is 19.9. The minimum Gasteiger partial charge on any atom is -0.412 e. The van der Waals surface area contributed by atoms with Crippen molar-refractivity contribution in [1.82, 2.24) is 0 Å². The summed E-state index contributed by atoms with van der Waals surface area (Å²) in [5, 5.41) is 0. The molecule has 0 fully saturated rings. The van der Waals surface area contributed by atoms with Crippen molar-refractivity contribution in [2.24, 2.45) is 0 Å². The van der Waals surface area contributed by atoms with Gasteiger partial charge in [-0.05, 0) is 26.0 Å². The van der Waals surface area contributed by atoms with Crippen LogP contribution in [0.3, 0.4) is 0 Å². The van der Waals surface area contributed by atoms with Crippen molar-refractivity contribution in [3.63, 3.8) is 0 Å². The lowest BCUT2D eigenvalue weighted by Gasteiger charge is -2.11. The predicted molar refractivity (Wildman–Crippen MR) is 101 cm³/mol. The summed E-state index contributed by atoms with van der Waals surface area (Å²) >= 11 is 0. The van der Waals surface area contributed by atoms with Crippen LogP contribution < -0.4 is 0 Å². The first-order chi connectivity index (χ1) is 12.4. The molecule has 0 bridgehead atoms. The molecule has 0 saturated carbocycles. The maximum atomic E-state index is 11.5. The second-order valence-electron chi connectivity index (χ2n) is 6.13. The van der Waals surface area contributed by atoms with E-state index in [0.717, 1.165) is 0 Å². The molecule has 0 amide bonds. The Balaban J connectivity index is 0.000000187. The van der Waals surface area contributed by atoms with Crippen LogP contribution in [0.5, 0.6) is 0 Å². The van der Waals surface area contributed by atoms with E-state index in [0.29, 0.717) is 33.4 Å². The fourth-order valence-corrected chi connectivity index (χ4v) is 2.90. The molecule has 0 aliphatic heterocycles. The lowest BCUT2D eigenvalue weighted by atomic mass is 9.90. The number of carbonyl (C=O) groups is 4. The first-order valence-corrected chi connectivity index (χ1v) is 8.13. The Hall–Kier alpha value is -3.44. The van der Waals surface area contributed by atoms with E-state index in [9.17, 15) is 19.2 Å². The molecule has 2 N–H and O–H groups in total. The largest absolute Gasteiger partial charge is 0.412 e. The van der Waals surface area contributed by atoms with Crippen LogP contribution in [0.2, 0.25) is 0 Å². The molecule has 0 radical (unpaired) electrons. The molecule has 0 heterocycles. The van der Waals surface area contributed by atoms with Gasteiger partial charge in [0.1, 0.15) is 0 Å². The molecule has 0 atom stereocenters. The third-order valence-electron chi connectivity index (χ3n) is 4.29. The Morgan fingerprint density at radius 3 is 1.15 bits per heavy atom. The fourth-order valence-electron chi connectivity index (χ4n) is 2.90. The second kappa shape index (κ2) is 7.85. The van der Waals surface area contributed by atoms with Crippen molar-refractivity contribution in [2.75, 3.05) is 0 Å². The van der Waals surface area contributed by atoms with Crippen LogP contribution in [-0.4, -0.2) is 28.6 Å². The van der Waals surface area contributed by atoms with Gasteiger partial charge >= 0.3 is 0 Å². The normalized spacial score (nSPS) is 14.7. The van der Waals surface area contributed by atoms with Gasteiger partial charge in [0, 0.05) is 33.4 Å². The molecule has 5 nitrogen and oxygen atoms in total. The second-order valence-corrected chi connectivity index (χ2v) is 6.13. The Morgan fingerprint density at radius 1 is 0.519 bits per heavy atom. The summed E-state index contributed by atoms with van der Waals surface area (Å²) < 4.78 is 0. The maximum Gasteiger partial charge on any atom is 0.189 e. The molecule has 2 aromatic rings. The minimum absolute atomic E-state index is 0. The standard InChI is InChI=1S/2C11H8O2.H2O/c2*1-7-6-10(12)8-4-2-3-5-9(8)11(7)13;/h2*2-6H,1H3;1H2. The molecule has 2 aromatic carbocycles. The smallest absolute Gasteiger partial charge is 0.189 e. The van der Waals surface area contributed by atoms with Gasteiger partial charge in [0.2, 0.25) is 0 Å². The average Bonchev–Trinajstić information content (AvgIpc) is 2.65. The molecule has 0 spiro atoms. The lowest BCUT2D eigenvalue weighted by Crippen LogP contribution is -2.14. The zero-order chi connectivity index (χ0) is 18.8. The van der Waals surface area contributed by atoms with E-state index < -0.39 is 0 Å². The Bertz CT molecular complexity index is 941. The van der Waals surface area contributed by atoms with Crippen molar-refractivity contribution >= 4 is 23.1 Å². The average molecular weight is 362 g/mol. The van der Waals surface area contributed by atoms with Gasteiger partial charge in [-0.25, -0.2) is 0 Å². The highest BCUT2D eigenvalue weighted by Gasteiger charge is 2.22. The van der Waals surface area contributed by atoms with E-state index in [2.05, 4.69) is 0 Å². The number of allylic oxidation sites excluding steroid dienone is 4. The van der Waals surface area contributed by atoms with Crippen LogP contribution in [0.25, 0.3) is 0 Å². The van der Waals surface area contributed by atoms with Crippen LogP contribution in [0.15, 0.2) is 71.8 Å². The van der Waals surface area contributed by atoms with Gasteiger partial charge in [0.25, 0.3) is 0 Å². The minimum atomic E-state index is -0.0762. The van der Waals surface area contributed by atoms with E-state index in [1.54, 1.807) is 62.4 Å². The van der Waals surface area contributed by atoms with Gasteiger partial charge in [0.05, 0.1) is 0 Å². The van der Waals surface area contributed by atoms with Crippen molar-refractivity contribution in [1.29, 1.82) is 0 Å². The van der Waals surface area contributed by atoms with E-state index in [1.165, 1.54) is 12.2 Å². The summed E-state index contributed by atoms with van der Waals surface area (Å²) in [6.45, 7) is 3.33. The molecule has 0 aromatic heterocycles. The van der Waals surface area contributed by atoms with Crippen molar-refractivity contribution in [3.05, 3.63) is 94.1 Å². The molecule has 5 heteroatoms. The van der Waals surface area contributed by atoms with Crippen LogP contribution in [0.1, 0.15) is 55.3 Å². The highest BCUT2D eigenvalue weighted by Crippen LogP contribution is 2.21. The molecule has 0 unspecified atom stereocenters. The predicted octanol–water partition coefficient (Wildman–Crippen LogP) is 3.20. The van der Waals surface area contributed by atoms with Gasteiger partial charge in [-0.1, -0.05) is 48.5 Å². The SMILES string of the molecule is CC1=CC(=O)c2ccccc2C1=O.CC1=CC(=O)c2ccccc2C1=O.O. The number of hydrogen-bond donors (Lipinski definition) is 0. The van der Waals surface area contributed by atoms with E-state index in [4.69, 9.17) is 0 Å². The topological polar surface area (TPSA) is 99.8 Å². The summed E-state index contributed by atoms with van der Waals surface area (Å²) in [7, 11) is 0. The Kier molecular flexibility index (Phi) is 5.78. The van der Waals surface area contributed by atoms with Crippen molar-refractivity contribution in [2.45, 2.75) is 13.8 Å². The van der Waals surface area contributed by atoms with Crippen LogP contribution in [-0.2, 0) is 0 Å². The molecular formula is C22H18O5. The zero-order valence-corrected chi connectivity index (χ0v) is 14.9. The molecule has 4 rings (SSSR count). The monoisotopic (exact) mass is 362 g/mol. The number of hydrogen-bond acceptors (Lipinski definition) is 4. The lowest BCUT2D eigenvalue weighted by molar-refractivity contribution is 0.0984. The highest BCUT2D eigenvalue weighted by molar-refractivity contribution is 6.25. The molecule has 27 heavy (non-hydrogen) atoms. The molecule has 2 aliphatic carbocycles. The molecule has 0 saturated heterocycles. The van der Waals surface area contributed by atoms with Crippen LogP contribution >= 0.6 is 0 Å². The fraction of sp³-hybridized carbons (Fsp3) is 0.0909. The van der Waals surface area contributed by atoms with E-state index in [-0.39, 0.29) is 28.6 Å². The van der Waals surface area contributed by atoms with Gasteiger partial charge < -0.3 is 5.48 Å². The molecular weight excluding hydrogens is 344 g/mol. The highest BCUT2D eigenvalue weighted by atomic mass is 16.1. The Morgan fingerprint density at radius 2 is 0.815 bits per heavy atom.